The van der Waals surface area contributed by atoms with Gasteiger partial charge in [0.15, 0.2) is 5.16 Å². The fourth-order valence-corrected chi connectivity index (χ4v) is 4.79. The van der Waals surface area contributed by atoms with Crippen molar-refractivity contribution in [2.45, 2.75) is 18.1 Å². The van der Waals surface area contributed by atoms with E-state index >= 15 is 0 Å². The van der Waals surface area contributed by atoms with Crippen LogP contribution in [0, 0.1) is 0 Å². The Bertz CT molecular complexity index is 1050. The number of carbonyl (C=O) groups is 1. The highest BCUT2D eigenvalue weighted by Crippen LogP contribution is 2.29. The van der Waals surface area contributed by atoms with E-state index in [-0.39, 0.29) is 17.2 Å². The molecule has 2 aromatic heterocycles. The van der Waals surface area contributed by atoms with Crippen LogP contribution in [0.25, 0.3) is 10.2 Å². The summed E-state index contributed by atoms with van der Waals surface area (Å²) in [6, 6.07) is 9.82. The third kappa shape index (κ3) is 2.97. The number of fused-ring (bicyclic) bond motifs is 2. The van der Waals surface area contributed by atoms with Crippen molar-refractivity contribution in [3.05, 3.63) is 64.3 Å². The second-order valence-electron chi connectivity index (χ2n) is 5.95. The summed E-state index contributed by atoms with van der Waals surface area (Å²) in [5.74, 6) is 0.276. The fourth-order valence-electron chi connectivity index (χ4n) is 3.13. The van der Waals surface area contributed by atoms with Crippen molar-refractivity contribution in [2.24, 2.45) is 0 Å². The van der Waals surface area contributed by atoms with Crippen LogP contribution in [0.2, 0.25) is 0 Å². The summed E-state index contributed by atoms with van der Waals surface area (Å²) in [5, 5.41) is 2.42. The van der Waals surface area contributed by atoms with Gasteiger partial charge in [-0.2, -0.15) is 0 Å². The quantitative estimate of drug-likeness (QED) is 0.385. The molecular formula is C19H17N3O2S2. The number of nitrogens with zero attached hydrogens (tertiary/aromatic N) is 3. The van der Waals surface area contributed by atoms with Gasteiger partial charge in [-0.05, 0) is 29.5 Å². The maximum absolute atomic E-state index is 12.7. The summed E-state index contributed by atoms with van der Waals surface area (Å²) in [4.78, 5) is 31.8. The van der Waals surface area contributed by atoms with Gasteiger partial charge in [-0.25, -0.2) is 4.98 Å². The normalized spacial score (nSPS) is 13.2. The van der Waals surface area contributed by atoms with Gasteiger partial charge in [0.05, 0.1) is 11.3 Å². The first-order chi connectivity index (χ1) is 12.7. The van der Waals surface area contributed by atoms with Crippen molar-refractivity contribution in [1.82, 2.24) is 9.55 Å². The van der Waals surface area contributed by atoms with Crippen molar-refractivity contribution >= 4 is 44.9 Å². The first kappa shape index (κ1) is 17.1. The number of para-hydroxylation sites is 1. The molecule has 4 rings (SSSR count). The van der Waals surface area contributed by atoms with Gasteiger partial charge >= 0.3 is 0 Å². The topological polar surface area (TPSA) is 55.2 Å². The van der Waals surface area contributed by atoms with E-state index in [2.05, 4.69) is 17.6 Å². The average Bonchev–Trinajstić information content (AvgIpc) is 3.29. The lowest BCUT2D eigenvalue weighted by atomic mass is 10.2. The Kier molecular flexibility index (Phi) is 4.65. The zero-order chi connectivity index (χ0) is 18.1. The molecule has 0 radical (unpaired) electrons. The van der Waals surface area contributed by atoms with E-state index < -0.39 is 0 Å². The number of allylic oxidation sites excluding steroid dienone is 1. The fraction of sp³-hybridized carbons (Fsp3) is 0.211. The molecule has 1 amide bonds. The van der Waals surface area contributed by atoms with Crippen molar-refractivity contribution < 1.29 is 4.79 Å². The minimum Gasteiger partial charge on any atom is -0.311 e. The average molecular weight is 383 g/mol. The van der Waals surface area contributed by atoms with Gasteiger partial charge in [-0.1, -0.05) is 36.0 Å². The molecule has 132 valence electrons. The molecule has 1 aliphatic rings. The molecule has 0 unspecified atom stereocenters. The Labute approximate surface area is 159 Å². The first-order valence-electron chi connectivity index (χ1n) is 8.29. The molecule has 3 aromatic rings. The largest absolute Gasteiger partial charge is 0.311 e. The lowest BCUT2D eigenvalue weighted by molar-refractivity contribution is -0.116. The second kappa shape index (κ2) is 7.09. The number of thiophene rings is 1. The Balaban J connectivity index is 1.58. The second-order valence-corrected chi connectivity index (χ2v) is 7.81. The van der Waals surface area contributed by atoms with E-state index in [0.29, 0.717) is 28.5 Å². The van der Waals surface area contributed by atoms with Crippen molar-refractivity contribution in [2.75, 3.05) is 17.2 Å². The minimum absolute atomic E-state index is 0.0322. The summed E-state index contributed by atoms with van der Waals surface area (Å²) >= 11 is 2.69. The standard InChI is InChI=1S/C19H17N3O2S2/c1-2-9-22-18(24)17-14(8-11-25-17)20-19(22)26-12-16(23)21-10-7-13-5-3-4-6-15(13)21/h2-6,8,11H,1,7,9-10,12H2. The molecule has 5 nitrogen and oxygen atoms in total. The summed E-state index contributed by atoms with van der Waals surface area (Å²) in [6.45, 7) is 4.80. The zero-order valence-electron chi connectivity index (χ0n) is 14.1. The highest BCUT2D eigenvalue weighted by Gasteiger charge is 2.24. The van der Waals surface area contributed by atoms with Crippen LogP contribution in [-0.4, -0.2) is 27.8 Å². The molecule has 0 bridgehead atoms. The molecule has 0 aliphatic carbocycles. The first-order valence-corrected chi connectivity index (χ1v) is 10.2. The number of hydrogen-bond acceptors (Lipinski definition) is 5. The predicted molar refractivity (Wildman–Crippen MR) is 107 cm³/mol. The van der Waals surface area contributed by atoms with Gasteiger partial charge < -0.3 is 4.90 Å². The van der Waals surface area contributed by atoms with E-state index in [4.69, 9.17) is 0 Å². The van der Waals surface area contributed by atoms with E-state index in [1.54, 1.807) is 10.6 Å². The van der Waals surface area contributed by atoms with Crippen LogP contribution in [0.5, 0.6) is 0 Å². The molecule has 0 fully saturated rings. The Morgan fingerprint density at radius 1 is 1.35 bits per heavy atom. The molecule has 1 aliphatic heterocycles. The van der Waals surface area contributed by atoms with Crippen molar-refractivity contribution in [1.29, 1.82) is 0 Å². The van der Waals surface area contributed by atoms with Gasteiger partial charge in [0.2, 0.25) is 5.91 Å². The third-order valence-corrected chi connectivity index (χ3v) is 6.21. The lowest BCUT2D eigenvalue weighted by Gasteiger charge is -2.17. The Hall–Kier alpha value is -2.38. The highest BCUT2D eigenvalue weighted by molar-refractivity contribution is 7.99. The van der Waals surface area contributed by atoms with Gasteiger partial charge in [0.25, 0.3) is 5.56 Å². The van der Waals surface area contributed by atoms with Crippen molar-refractivity contribution in [3.63, 3.8) is 0 Å². The number of aromatic nitrogens is 2. The van der Waals surface area contributed by atoms with E-state index in [0.717, 1.165) is 12.1 Å². The summed E-state index contributed by atoms with van der Waals surface area (Å²) in [6.07, 6.45) is 2.55. The number of thioether (sulfide) groups is 1. The van der Waals surface area contributed by atoms with Crippen LogP contribution in [0.15, 0.2) is 58.3 Å². The van der Waals surface area contributed by atoms with E-state index in [1.165, 1.54) is 28.7 Å². The molecule has 7 heteroatoms. The highest BCUT2D eigenvalue weighted by atomic mass is 32.2. The number of amides is 1. The summed E-state index contributed by atoms with van der Waals surface area (Å²) in [7, 11) is 0. The zero-order valence-corrected chi connectivity index (χ0v) is 15.7. The van der Waals surface area contributed by atoms with E-state index in [1.807, 2.05) is 34.5 Å². The molecule has 0 saturated carbocycles. The van der Waals surface area contributed by atoms with Crippen LogP contribution >= 0.6 is 23.1 Å². The predicted octanol–water partition coefficient (Wildman–Crippen LogP) is 3.33. The maximum Gasteiger partial charge on any atom is 0.272 e. The van der Waals surface area contributed by atoms with Gasteiger partial charge in [-0.3, -0.25) is 14.2 Å². The van der Waals surface area contributed by atoms with Crippen LogP contribution in [0.3, 0.4) is 0 Å². The number of hydrogen-bond donors (Lipinski definition) is 0. The molecule has 3 heterocycles. The summed E-state index contributed by atoms with van der Waals surface area (Å²) in [5.41, 5.74) is 2.79. The Morgan fingerprint density at radius 2 is 2.19 bits per heavy atom. The number of anilines is 1. The lowest BCUT2D eigenvalue weighted by Crippen LogP contribution is -2.31. The van der Waals surface area contributed by atoms with Gasteiger partial charge in [-0.15, -0.1) is 17.9 Å². The van der Waals surface area contributed by atoms with Gasteiger partial charge in [0.1, 0.15) is 4.70 Å². The Morgan fingerprint density at radius 3 is 3.04 bits per heavy atom. The monoisotopic (exact) mass is 383 g/mol. The molecule has 0 N–H and O–H groups in total. The summed E-state index contributed by atoms with van der Waals surface area (Å²) < 4.78 is 2.22. The van der Waals surface area contributed by atoms with Crippen LogP contribution < -0.4 is 10.5 Å². The smallest absolute Gasteiger partial charge is 0.272 e. The number of carbonyl (C=O) groups excluding carboxylic acids is 1. The van der Waals surface area contributed by atoms with Crippen molar-refractivity contribution in [3.8, 4) is 0 Å². The molecule has 0 atom stereocenters. The minimum atomic E-state index is -0.0774. The SMILES string of the molecule is C=CCn1c(SCC(=O)N2CCc3ccccc32)nc2ccsc2c1=O. The molecular weight excluding hydrogens is 366 g/mol. The molecule has 1 aromatic carbocycles. The van der Waals surface area contributed by atoms with Crippen LogP contribution in [0.1, 0.15) is 5.56 Å². The van der Waals surface area contributed by atoms with E-state index in [9.17, 15) is 9.59 Å². The third-order valence-electron chi connectivity index (χ3n) is 4.36. The molecule has 26 heavy (non-hydrogen) atoms. The van der Waals surface area contributed by atoms with Crippen LogP contribution in [0.4, 0.5) is 5.69 Å². The number of benzene rings is 1. The molecule has 0 saturated heterocycles. The van der Waals surface area contributed by atoms with Gasteiger partial charge in [0, 0.05) is 18.8 Å². The molecule has 0 spiro atoms. The number of rotatable bonds is 5. The maximum atomic E-state index is 12.7. The van der Waals surface area contributed by atoms with Crippen LogP contribution in [-0.2, 0) is 17.8 Å².